The van der Waals surface area contributed by atoms with Crippen molar-refractivity contribution in [1.82, 2.24) is 9.55 Å². The summed E-state index contributed by atoms with van der Waals surface area (Å²) in [6, 6.07) is 10.3. The Morgan fingerprint density at radius 2 is 2.06 bits per heavy atom. The second-order valence-corrected chi connectivity index (χ2v) is 4.16. The standard InChI is InChI=1S/C14H14N2O/c1-16-10-15-13(12-7-8-17-9-12)14(16)11-5-3-2-4-6-11/h2-7,10H,8-9H2,1H3. The molecule has 0 atom stereocenters. The number of hydrogen-bond acceptors (Lipinski definition) is 2. The highest BCUT2D eigenvalue weighted by molar-refractivity contribution is 5.78. The third-order valence-corrected chi connectivity index (χ3v) is 2.99. The van der Waals surface area contributed by atoms with Gasteiger partial charge in [0.2, 0.25) is 0 Å². The van der Waals surface area contributed by atoms with E-state index in [0.29, 0.717) is 13.2 Å². The van der Waals surface area contributed by atoms with Crippen LogP contribution in [0.1, 0.15) is 5.69 Å². The van der Waals surface area contributed by atoms with Crippen molar-refractivity contribution in [1.29, 1.82) is 0 Å². The number of ether oxygens (including phenoxy) is 1. The molecule has 0 saturated carbocycles. The van der Waals surface area contributed by atoms with Crippen LogP contribution in [-0.4, -0.2) is 22.8 Å². The minimum absolute atomic E-state index is 0.664. The Kier molecular flexibility index (Phi) is 2.53. The predicted octanol–water partition coefficient (Wildman–Crippen LogP) is 2.50. The number of nitrogens with zero attached hydrogens (tertiary/aromatic N) is 2. The Morgan fingerprint density at radius 1 is 1.24 bits per heavy atom. The SMILES string of the molecule is Cn1cnc(C2=CCOC2)c1-c1ccccc1. The zero-order valence-electron chi connectivity index (χ0n) is 9.76. The monoisotopic (exact) mass is 226 g/mol. The van der Waals surface area contributed by atoms with E-state index in [1.807, 2.05) is 31.6 Å². The number of aromatic nitrogens is 2. The van der Waals surface area contributed by atoms with E-state index in [9.17, 15) is 0 Å². The molecule has 1 aliphatic heterocycles. The van der Waals surface area contributed by atoms with Crippen LogP contribution in [0.3, 0.4) is 0 Å². The van der Waals surface area contributed by atoms with Crippen molar-refractivity contribution < 1.29 is 4.74 Å². The van der Waals surface area contributed by atoms with E-state index >= 15 is 0 Å². The third kappa shape index (κ3) is 1.78. The smallest absolute Gasteiger partial charge is 0.0955 e. The summed E-state index contributed by atoms with van der Waals surface area (Å²) >= 11 is 0. The predicted molar refractivity (Wildman–Crippen MR) is 67.4 cm³/mol. The Bertz CT molecular complexity index is 555. The van der Waals surface area contributed by atoms with Crippen LogP contribution in [-0.2, 0) is 11.8 Å². The fourth-order valence-electron chi connectivity index (χ4n) is 2.15. The van der Waals surface area contributed by atoms with Crippen LogP contribution in [0.25, 0.3) is 16.8 Å². The van der Waals surface area contributed by atoms with Crippen molar-refractivity contribution in [3.8, 4) is 11.3 Å². The number of aryl methyl sites for hydroxylation is 1. The normalized spacial score (nSPS) is 15.0. The van der Waals surface area contributed by atoms with Crippen LogP contribution in [0.5, 0.6) is 0 Å². The molecule has 0 spiro atoms. The Hall–Kier alpha value is -1.87. The average Bonchev–Trinajstić information content (AvgIpc) is 2.98. The molecule has 0 fully saturated rings. The molecule has 3 heteroatoms. The van der Waals surface area contributed by atoms with Crippen molar-refractivity contribution in [3.05, 3.63) is 48.4 Å². The molecule has 0 unspecified atom stereocenters. The first-order valence-electron chi connectivity index (χ1n) is 5.70. The average molecular weight is 226 g/mol. The molecular weight excluding hydrogens is 212 g/mol. The number of hydrogen-bond donors (Lipinski definition) is 0. The van der Waals surface area contributed by atoms with E-state index in [-0.39, 0.29) is 0 Å². The summed E-state index contributed by atoms with van der Waals surface area (Å²) in [5.41, 5.74) is 4.57. The summed E-state index contributed by atoms with van der Waals surface area (Å²) in [5, 5.41) is 0. The maximum absolute atomic E-state index is 5.37. The van der Waals surface area contributed by atoms with E-state index in [0.717, 1.165) is 11.4 Å². The number of imidazole rings is 1. The van der Waals surface area contributed by atoms with Crippen LogP contribution in [0.15, 0.2) is 42.7 Å². The van der Waals surface area contributed by atoms with Gasteiger partial charge >= 0.3 is 0 Å². The van der Waals surface area contributed by atoms with E-state index in [1.54, 1.807) is 0 Å². The summed E-state index contributed by atoms with van der Waals surface area (Å²) in [4.78, 5) is 4.49. The number of rotatable bonds is 2. The van der Waals surface area contributed by atoms with Crippen molar-refractivity contribution in [2.24, 2.45) is 7.05 Å². The van der Waals surface area contributed by atoms with Gasteiger partial charge in [0.1, 0.15) is 0 Å². The molecule has 1 aromatic heterocycles. The lowest BCUT2D eigenvalue weighted by Gasteiger charge is -2.06. The molecule has 2 aromatic rings. The van der Waals surface area contributed by atoms with E-state index in [2.05, 4.69) is 27.8 Å². The Balaban J connectivity index is 2.13. The van der Waals surface area contributed by atoms with Crippen LogP contribution in [0.4, 0.5) is 0 Å². The second-order valence-electron chi connectivity index (χ2n) is 4.16. The molecule has 0 radical (unpaired) electrons. The van der Waals surface area contributed by atoms with Gasteiger partial charge in [-0.1, -0.05) is 36.4 Å². The number of benzene rings is 1. The fourth-order valence-corrected chi connectivity index (χ4v) is 2.15. The lowest BCUT2D eigenvalue weighted by molar-refractivity contribution is 0.216. The summed E-state index contributed by atoms with van der Waals surface area (Å²) < 4.78 is 7.43. The van der Waals surface area contributed by atoms with E-state index in [4.69, 9.17) is 4.74 Å². The van der Waals surface area contributed by atoms with Crippen molar-refractivity contribution in [3.63, 3.8) is 0 Å². The molecule has 0 aliphatic carbocycles. The highest BCUT2D eigenvalue weighted by atomic mass is 16.5. The molecule has 0 N–H and O–H groups in total. The first kappa shape index (κ1) is 10.3. The van der Waals surface area contributed by atoms with Crippen molar-refractivity contribution in [2.45, 2.75) is 0 Å². The maximum atomic E-state index is 5.37. The zero-order chi connectivity index (χ0) is 11.7. The van der Waals surface area contributed by atoms with Gasteiger partial charge in [0.25, 0.3) is 0 Å². The highest BCUT2D eigenvalue weighted by Crippen LogP contribution is 2.29. The van der Waals surface area contributed by atoms with Gasteiger partial charge in [-0.15, -0.1) is 0 Å². The van der Waals surface area contributed by atoms with Crippen molar-refractivity contribution >= 4 is 5.57 Å². The third-order valence-electron chi connectivity index (χ3n) is 2.99. The summed E-state index contributed by atoms with van der Waals surface area (Å²) in [6.45, 7) is 1.36. The van der Waals surface area contributed by atoms with Gasteiger partial charge in [-0.05, 0) is 0 Å². The quantitative estimate of drug-likeness (QED) is 0.786. The molecule has 0 saturated heterocycles. The summed E-state index contributed by atoms with van der Waals surface area (Å²) in [6.07, 6.45) is 3.96. The van der Waals surface area contributed by atoms with Gasteiger partial charge in [-0.3, -0.25) is 0 Å². The molecule has 1 aromatic carbocycles. The molecular formula is C14H14N2O. The highest BCUT2D eigenvalue weighted by Gasteiger charge is 2.17. The molecule has 86 valence electrons. The van der Waals surface area contributed by atoms with Gasteiger partial charge < -0.3 is 9.30 Å². The largest absolute Gasteiger partial charge is 0.373 e. The van der Waals surface area contributed by atoms with Crippen LogP contribution < -0.4 is 0 Å². The topological polar surface area (TPSA) is 27.1 Å². The Labute approximate surface area is 100 Å². The summed E-state index contributed by atoms with van der Waals surface area (Å²) in [5.74, 6) is 0. The van der Waals surface area contributed by atoms with Crippen LogP contribution in [0.2, 0.25) is 0 Å². The minimum atomic E-state index is 0.664. The fraction of sp³-hybridized carbons (Fsp3) is 0.214. The van der Waals surface area contributed by atoms with Crippen LogP contribution >= 0.6 is 0 Å². The van der Waals surface area contributed by atoms with E-state index < -0.39 is 0 Å². The molecule has 3 nitrogen and oxygen atoms in total. The van der Waals surface area contributed by atoms with Gasteiger partial charge in [0, 0.05) is 18.2 Å². The zero-order valence-corrected chi connectivity index (χ0v) is 9.76. The maximum Gasteiger partial charge on any atom is 0.0955 e. The first-order valence-corrected chi connectivity index (χ1v) is 5.70. The lowest BCUT2D eigenvalue weighted by atomic mass is 10.1. The molecule has 2 heterocycles. The van der Waals surface area contributed by atoms with Gasteiger partial charge in [0.05, 0.1) is 30.9 Å². The Morgan fingerprint density at radius 3 is 2.76 bits per heavy atom. The van der Waals surface area contributed by atoms with E-state index in [1.165, 1.54) is 11.1 Å². The second kappa shape index (κ2) is 4.18. The molecule has 3 rings (SSSR count). The molecule has 0 amide bonds. The van der Waals surface area contributed by atoms with Crippen molar-refractivity contribution in [2.75, 3.05) is 13.2 Å². The first-order chi connectivity index (χ1) is 8.36. The molecule has 17 heavy (non-hydrogen) atoms. The lowest BCUT2D eigenvalue weighted by Crippen LogP contribution is -1.95. The van der Waals surface area contributed by atoms with Crippen LogP contribution in [0, 0.1) is 0 Å². The summed E-state index contributed by atoms with van der Waals surface area (Å²) in [7, 11) is 2.02. The van der Waals surface area contributed by atoms with Gasteiger partial charge in [-0.2, -0.15) is 0 Å². The molecule has 1 aliphatic rings. The minimum Gasteiger partial charge on any atom is -0.373 e. The molecule has 0 bridgehead atoms. The van der Waals surface area contributed by atoms with Gasteiger partial charge in [-0.25, -0.2) is 4.98 Å². The van der Waals surface area contributed by atoms with Gasteiger partial charge in [0.15, 0.2) is 0 Å².